The predicted octanol–water partition coefficient (Wildman–Crippen LogP) is 4.43. The number of carboxylic acids is 1. The molecule has 1 rings (SSSR count). The topological polar surface area (TPSA) is 46.5 Å². The minimum atomic E-state index is -0.760. The molecule has 4 heteroatoms. The van der Waals surface area contributed by atoms with Crippen LogP contribution in [0, 0.1) is 13.8 Å². The fourth-order valence-corrected chi connectivity index (χ4v) is 2.62. The monoisotopic (exact) mass is 340 g/mol. The van der Waals surface area contributed by atoms with Gasteiger partial charge in [0.2, 0.25) is 0 Å². The van der Waals surface area contributed by atoms with Crippen LogP contribution in [0.2, 0.25) is 0 Å². The van der Waals surface area contributed by atoms with Crippen LogP contribution in [-0.4, -0.2) is 18.2 Å². The van der Waals surface area contributed by atoms with Crippen LogP contribution in [0.1, 0.15) is 36.5 Å². The lowest BCUT2D eigenvalue weighted by Gasteiger charge is -2.14. The Labute approximate surface area is 128 Å². The standard InChI is InChI=1S/C16H21BrO3/c1-10(6-8-15(18)19)5-7-13-9-14(17)11(2)12(3)16(13)20-4/h5,9H,6-8H2,1-4H3,(H,18,19)/b10-5+. The van der Waals surface area contributed by atoms with Crippen LogP contribution < -0.4 is 4.74 Å². The Kier molecular flexibility index (Phi) is 6.27. The van der Waals surface area contributed by atoms with Gasteiger partial charge in [0.25, 0.3) is 0 Å². The van der Waals surface area contributed by atoms with E-state index in [0.717, 1.165) is 33.3 Å². The molecule has 0 radical (unpaired) electrons. The quantitative estimate of drug-likeness (QED) is 0.779. The van der Waals surface area contributed by atoms with Gasteiger partial charge in [0.1, 0.15) is 5.75 Å². The number of hydrogen-bond donors (Lipinski definition) is 1. The van der Waals surface area contributed by atoms with Crippen molar-refractivity contribution in [3.63, 3.8) is 0 Å². The third-order valence-corrected chi connectivity index (χ3v) is 4.29. The first-order valence-corrected chi connectivity index (χ1v) is 7.36. The number of carbonyl (C=O) groups is 1. The second-order valence-corrected chi connectivity index (χ2v) is 5.80. The summed E-state index contributed by atoms with van der Waals surface area (Å²) in [5.41, 5.74) is 4.51. The maximum Gasteiger partial charge on any atom is 0.303 e. The van der Waals surface area contributed by atoms with Crippen molar-refractivity contribution in [3.8, 4) is 5.75 Å². The highest BCUT2D eigenvalue weighted by atomic mass is 79.9. The normalized spacial score (nSPS) is 11.6. The Morgan fingerprint density at radius 3 is 2.55 bits per heavy atom. The van der Waals surface area contributed by atoms with Crippen LogP contribution in [0.3, 0.4) is 0 Å². The van der Waals surface area contributed by atoms with Gasteiger partial charge in [-0.25, -0.2) is 0 Å². The molecule has 0 aliphatic heterocycles. The van der Waals surface area contributed by atoms with Gasteiger partial charge in [-0.1, -0.05) is 27.6 Å². The first-order valence-electron chi connectivity index (χ1n) is 6.56. The molecular weight excluding hydrogens is 320 g/mol. The highest BCUT2D eigenvalue weighted by Crippen LogP contribution is 2.32. The van der Waals surface area contributed by atoms with E-state index < -0.39 is 5.97 Å². The first-order chi connectivity index (χ1) is 9.36. The lowest BCUT2D eigenvalue weighted by Crippen LogP contribution is -1.98. The number of halogens is 1. The van der Waals surface area contributed by atoms with Gasteiger partial charge in [-0.3, -0.25) is 4.79 Å². The molecule has 0 saturated carbocycles. The minimum Gasteiger partial charge on any atom is -0.496 e. The molecule has 0 fully saturated rings. The smallest absolute Gasteiger partial charge is 0.303 e. The summed E-state index contributed by atoms with van der Waals surface area (Å²) in [7, 11) is 1.68. The van der Waals surface area contributed by atoms with Crippen molar-refractivity contribution in [2.75, 3.05) is 7.11 Å². The zero-order valence-corrected chi connectivity index (χ0v) is 14.0. The van der Waals surface area contributed by atoms with Gasteiger partial charge in [0.15, 0.2) is 0 Å². The van der Waals surface area contributed by atoms with Crippen LogP contribution in [0.25, 0.3) is 0 Å². The molecule has 0 aliphatic rings. The molecule has 0 heterocycles. The maximum absolute atomic E-state index is 10.6. The summed E-state index contributed by atoms with van der Waals surface area (Å²) < 4.78 is 6.57. The molecule has 0 aliphatic carbocycles. The summed E-state index contributed by atoms with van der Waals surface area (Å²) in [4.78, 5) is 10.6. The predicted molar refractivity (Wildman–Crippen MR) is 84.5 cm³/mol. The van der Waals surface area contributed by atoms with Crippen molar-refractivity contribution >= 4 is 21.9 Å². The van der Waals surface area contributed by atoms with Crippen LogP contribution in [0.5, 0.6) is 5.75 Å². The molecule has 1 N–H and O–H groups in total. The Balaban J connectivity index is 2.92. The summed E-state index contributed by atoms with van der Waals surface area (Å²) in [6.07, 6.45) is 3.58. The fourth-order valence-electron chi connectivity index (χ4n) is 2.04. The number of hydrogen-bond acceptors (Lipinski definition) is 2. The van der Waals surface area contributed by atoms with E-state index >= 15 is 0 Å². The summed E-state index contributed by atoms with van der Waals surface area (Å²) in [6.45, 7) is 6.06. The van der Waals surface area contributed by atoms with Crippen LogP contribution in [0.15, 0.2) is 22.2 Å². The first kappa shape index (κ1) is 16.8. The lowest BCUT2D eigenvalue weighted by molar-refractivity contribution is -0.136. The molecule has 0 bridgehead atoms. The second kappa shape index (κ2) is 7.48. The lowest BCUT2D eigenvalue weighted by atomic mass is 10.0. The van der Waals surface area contributed by atoms with Crippen LogP contribution in [-0.2, 0) is 11.2 Å². The van der Waals surface area contributed by atoms with Gasteiger partial charge in [-0.15, -0.1) is 0 Å². The number of rotatable bonds is 6. The average molecular weight is 341 g/mol. The highest BCUT2D eigenvalue weighted by molar-refractivity contribution is 9.10. The van der Waals surface area contributed by atoms with Crippen molar-refractivity contribution in [2.24, 2.45) is 0 Å². The Morgan fingerprint density at radius 2 is 2.00 bits per heavy atom. The summed E-state index contributed by atoms with van der Waals surface area (Å²) >= 11 is 3.56. The van der Waals surface area contributed by atoms with E-state index in [2.05, 4.69) is 35.0 Å². The molecule has 0 amide bonds. The minimum absolute atomic E-state index is 0.177. The van der Waals surface area contributed by atoms with Crippen molar-refractivity contribution in [1.82, 2.24) is 0 Å². The van der Waals surface area contributed by atoms with Gasteiger partial charge in [-0.2, -0.15) is 0 Å². The van der Waals surface area contributed by atoms with Crippen molar-refractivity contribution in [3.05, 3.63) is 38.9 Å². The van der Waals surface area contributed by atoms with Gasteiger partial charge in [0, 0.05) is 10.9 Å². The van der Waals surface area contributed by atoms with E-state index in [1.807, 2.05) is 13.8 Å². The molecular formula is C16H21BrO3. The Hall–Kier alpha value is -1.29. The van der Waals surface area contributed by atoms with E-state index in [1.54, 1.807) is 7.11 Å². The van der Waals surface area contributed by atoms with Crippen molar-refractivity contribution < 1.29 is 14.6 Å². The third kappa shape index (κ3) is 4.37. The van der Waals surface area contributed by atoms with Crippen LogP contribution >= 0.6 is 15.9 Å². The van der Waals surface area contributed by atoms with E-state index in [-0.39, 0.29) is 6.42 Å². The van der Waals surface area contributed by atoms with Gasteiger partial charge >= 0.3 is 5.97 Å². The van der Waals surface area contributed by atoms with E-state index in [0.29, 0.717) is 6.42 Å². The molecule has 0 aromatic heterocycles. The largest absolute Gasteiger partial charge is 0.496 e. The van der Waals surface area contributed by atoms with E-state index in [4.69, 9.17) is 9.84 Å². The Morgan fingerprint density at radius 1 is 1.35 bits per heavy atom. The number of allylic oxidation sites excluding steroid dienone is 2. The van der Waals surface area contributed by atoms with Gasteiger partial charge in [0.05, 0.1) is 7.11 Å². The number of ether oxygens (including phenoxy) is 1. The highest BCUT2D eigenvalue weighted by Gasteiger charge is 2.11. The average Bonchev–Trinajstić information content (AvgIpc) is 2.40. The molecule has 1 aromatic rings. The zero-order chi connectivity index (χ0) is 15.3. The van der Waals surface area contributed by atoms with Crippen molar-refractivity contribution in [2.45, 2.75) is 40.0 Å². The number of carboxylic acid groups (broad SMARTS) is 1. The summed E-state index contributed by atoms with van der Waals surface area (Å²) in [5.74, 6) is 0.150. The number of methoxy groups -OCH3 is 1. The SMILES string of the molecule is COc1c(C/C=C(\C)CCC(=O)O)cc(Br)c(C)c1C. The van der Waals surface area contributed by atoms with Gasteiger partial charge < -0.3 is 9.84 Å². The molecule has 0 saturated heterocycles. The van der Waals surface area contributed by atoms with E-state index in [1.165, 1.54) is 5.56 Å². The Bertz CT molecular complexity index is 533. The molecule has 110 valence electrons. The molecule has 0 atom stereocenters. The number of benzene rings is 1. The fraction of sp³-hybridized carbons (Fsp3) is 0.438. The molecule has 0 spiro atoms. The second-order valence-electron chi connectivity index (χ2n) is 4.95. The van der Waals surface area contributed by atoms with Crippen molar-refractivity contribution in [1.29, 1.82) is 0 Å². The maximum atomic E-state index is 10.6. The third-order valence-electron chi connectivity index (χ3n) is 3.46. The molecule has 20 heavy (non-hydrogen) atoms. The zero-order valence-electron chi connectivity index (χ0n) is 12.4. The summed E-state index contributed by atoms with van der Waals surface area (Å²) in [5, 5.41) is 8.68. The summed E-state index contributed by atoms with van der Waals surface area (Å²) in [6, 6.07) is 2.07. The van der Waals surface area contributed by atoms with Crippen LogP contribution in [0.4, 0.5) is 0 Å². The molecule has 0 unspecified atom stereocenters. The molecule has 3 nitrogen and oxygen atoms in total. The number of aliphatic carboxylic acids is 1. The molecule has 1 aromatic carbocycles. The van der Waals surface area contributed by atoms with E-state index in [9.17, 15) is 4.79 Å². The van der Waals surface area contributed by atoms with Gasteiger partial charge in [-0.05, 0) is 56.4 Å².